The van der Waals surface area contributed by atoms with Gasteiger partial charge in [0.05, 0.1) is 0 Å². The van der Waals surface area contributed by atoms with Crippen LogP contribution in [-0.2, 0) is 0 Å². The van der Waals surface area contributed by atoms with Crippen LogP contribution in [0.2, 0.25) is 0 Å². The number of Topliss-reactive ketones (excluding diaryl/α,β-unsaturated/α-hetero) is 1. The maximum atomic E-state index is 11.9. The number of carbonyl (C=O) groups is 1. The van der Waals surface area contributed by atoms with Crippen LogP contribution in [-0.4, -0.2) is 27.1 Å². The molecule has 2 aromatic rings. The average Bonchev–Trinajstić information content (AvgIpc) is 2.40. The fourth-order valence-corrected chi connectivity index (χ4v) is 1.44. The SMILES string of the molecule is Cc1ccc(C(=O)C(O)Nc2ncccn2)cc1. The molecule has 0 spiro atoms. The molecular formula is C13H13N3O2. The second-order valence-electron chi connectivity index (χ2n) is 3.85. The first-order valence-electron chi connectivity index (χ1n) is 5.49. The number of aliphatic hydroxyl groups excluding tert-OH is 1. The summed E-state index contributed by atoms with van der Waals surface area (Å²) in [5.74, 6) is -0.201. The Bertz CT molecular complexity index is 526. The molecule has 1 atom stereocenters. The Hall–Kier alpha value is -2.27. The summed E-state index contributed by atoms with van der Waals surface area (Å²) in [4.78, 5) is 19.6. The molecular weight excluding hydrogens is 230 g/mol. The molecule has 92 valence electrons. The van der Waals surface area contributed by atoms with E-state index in [9.17, 15) is 9.90 Å². The average molecular weight is 243 g/mol. The van der Waals surface area contributed by atoms with E-state index in [0.29, 0.717) is 5.56 Å². The van der Waals surface area contributed by atoms with Crippen LogP contribution in [0.25, 0.3) is 0 Å². The first-order chi connectivity index (χ1) is 8.66. The predicted octanol–water partition coefficient (Wildman–Crippen LogP) is 1.40. The molecule has 2 rings (SSSR count). The Labute approximate surface area is 105 Å². The second-order valence-corrected chi connectivity index (χ2v) is 3.85. The molecule has 1 aromatic heterocycles. The largest absolute Gasteiger partial charge is 0.367 e. The summed E-state index contributed by atoms with van der Waals surface area (Å²) in [7, 11) is 0. The Balaban J connectivity index is 2.07. The van der Waals surface area contributed by atoms with Crippen LogP contribution >= 0.6 is 0 Å². The molecule has 0 bridgehead atoms. The number of anilines is 1. The molecule has 2 N–H and O–H groups in total. The summed E-state index contributed by atoms with van der Waals surface area (Å²) < 4.78 is 0. The number of aryl methyl sites for hydroxylation is 1. The zero-order valence-corrected chi connectivity index (χ0v) is 9.87. The van der Waals surface area contributed by atoms with Crippen molar-refractivity contribution in [2.24, 2.45) is 0 Å². The van der Waals surface area contributed by atoms with Gasteiger partial charge in [-0.05, 0) is 13.0 Å². The first-order valence-corrected chi connectivity index (χ1v) is 5.49. The number of benzene rings is 1. The summed E-state index contributed by atoms with van der Waals surface area (Å²) in [5.41, 5.74) is 1.50. The Morgan fingerprint density at radius 3 is 2.44 bits per heavy atom. The number of rotatable bonds is 4. The van der Waals surface area contributed by atoms with Crippen molar-refractivity contribution in [1.82, 2.24) is 9.97 Å². The topological polar surface area (TPSA) is 75.1 Å². The molecule has 5 nitrogen and oxygen atoms in total. The Kier molecular flexibility index (Phi) is 3.64. The van der Waals surface area contributed by atoms with Gasteiger partial charge >= 0.3 is 0 Å². The highest BCUT2D eigenvalue weighted by atomic mass is 16.3. The van der Waals surface area contributed by atoms with E-state index in [0.717, 1.165) is 5.56 Å². The molecule has 18 heavy (non-hydrogen) atoms. The normalized spacial score (nSPS) is 11.9. The number of ketones is 1. The molecule has 0 saturated carbocycles. The molecule has 0 fully saturated rings. The molecule has 5 heteroatoms. The van der Waals surface area contributed by atoms with Crippen molar-refractivity contribution in [3.63, 3.8) is 0 Å². The lowest BCUT2D eigenvalue weighted by Crippen LogP contribution is -2.29. The van der Waals surface area contributed by atoms with Crippen LogP contribution in [0.15, 0.2) is 42.7 Å². The quantitative estimate of drug-likeness (QED) is 0.627. The number of aliphatic hydroxyl groups is 1. The van der Waals surface area contributed by atoms with Gasteiger partial charge in [0.1, 0.15) is 0 Å². The van der Waals surface area contributed by atoms with Crippen LogP contribution < -0.4 is 5.32 Å². The molecule has 0 aliphatic rings. The van der Waals surface area contributed by atoms with Gasteiger partial charge in [-0.25, -0.2) is 9.97 Å². The molecule has 1 aromatic carbocycles. The summed E-state index contributed by atoms with van der Waals surface area (Å²) >= 11 is 0. The zero-order valence-electron chi connectivity index (χ0n) is 9.87. The Morgan fingerprint density at radius 1 is 1.22 bits per heavy atom. The Morgan fingerprint density at radius 2 is 1.83 bits per heavy atom. The van der Waals surface area contributed by atoms with Crippen molar-refractivity contribution in [3.8, 4) is 0 Å². The molecule has 1 heterocycles. The third kappa shape index (κ3) is 2.89. The van der Waals surface area contributed by atoms with Gasteiger partial charge in [0.25, 0.3) is 0 Å². The minimum Gasteiger partial charge on any atom is -0.367 e. The number of hydrogen-bond acceptors (Lipinski definition) is 5. The van der Waals surface area contributed by atoms with Crippen LogP contribution in [0.5, 0.6) is 0 Å². The fourth-order valence-electron chi connectivity index (χ4n) is 1.44. The van der Waals surface area contributed by atoms with Gasteiger partial charge in [-0.15, -0.1) is 0 Å². The lowest BCUT2D eigenvalue weighted by Gasteiger charge is -2.11. The number of nitrogens with zero attached hydrogens (tertiary/aromatic N) is 2. The van der Waals surface area contributed by atoms with Gasteiger partial charge in [0.15, 0.2) is 6.23 Å². The first kappa shape index (κ1) is 12.2. The van der Waals surface area contributed by atoms with Crippen molar-refractivity contribution in [2.75, 3.05) is 5.32 Å². The van der Waals surface area contributed by atoms with E-state index in [1.54, 1.807) is 18.2 Å². The van der Waals surface area contributed by atoms with Gasteiger partial charge < -0.3 is 10.4 Å². The minimum atomic E-state index is -1.35. The molecule has 0 radical (unpaired) electrons. The molecule has 0 aliphatic heterocycles. The number of nitrogens with one attached hydrogen (secondary N) is 1. The van der Waals surface area contributed by atoms with Gasteiger partial charge in [0.2, 0.25) is 11.7 Å². The van der Waals surface area contributed by atoms with Crippen molar-refractivity contribution in [2.45, 2.75) is 13.2 Å². The van der Waals surface area contributed by atoms with Gasteiger partial charge in [0, 0.05) is 18.0 Å². The van der Waals surface area contributed by atoms with Gasteiger partial charge in [-0.1, -0.05) is 29.8 Å². The lowest BCUT2D eigenvalue weighted by molar-refractivity contribution is 0.0792. The summed E-state index contributed by atoms with van der Waals surface area (Å²) in [6.45, 7) is 1.93. The third-order valence-electron chi connectivity index (χ3n) is 2.42. The lowest BCUT2D eigenvalue weighted by atomic mass is 10.1. The highest BCUT2D eigenvalue weighted by Gasteiger charge is 2.17. The molecule has 0 saturated heterocycles. The monoisotopic (exact) mass is 243 g/mol. The zero-order chi connectivity index (χ0) is 13.0. The molecule has 0 amide bonds. The van der Waals surface area contributed by atoms with E-state index < -0.39 is 12.0 Å². The van der Waals surface area contributed by atoms with E-state index in [1.807, 2.05) is 19.1 Å². The maximum absolute atomic E-state index is 11.9. The number of carbonyl (C=O) groups excluding carboxylic acids is 1. The highest BCUT2D eigenvalue weighted by Crippen LogP contribution is 2.07. The van der Waals surface area contributed by atoms with Crippen LogP contribution in [0.3, 0.4) is 0 Å². The molecule has 0 aliphatic carbocycles. The summed E-state index contributed by atoms with van der Waals surface area (Å²) in [6.07, 6.45) is 1.70. The second kappa shape index (κ2) is 5.37. The fraction of sp³-hybridized carbons (Fsp3) is 0.154. The van der Waals surface area contributed by atoms with Crippen LogP contribution in [0.4, 0.5) is 5.95 Å². The van der Waals surface area contributed by atoms with Crippen molar-refractivity contribution in [3.05, 3.63) is 53.9 Å². The highest BCUT2D eigenvalue weighted by molar-refractivity contribution is 6.00. The maximum Gasteiger partial charge on any atom is 0.224 e. The number of aromatic nitrogens is 2. The summed E-state index contributed by atoms with van der Waals surface area (Å²) in [6, 6.07) is 8.64. The van der Waals surface area contributed by atoms with E-state index in [4.69, 9.17) is 0 Å². The van der Waals surface area contributed by atoms with E-state index in [-0.39, 0.29) is 5.95 Å². The standard InChI is InChI=1S/C13H13N3O2/c1-9-3-5-10(6-4-9)11(17)12(18)16-13-14-7-2-8-15-13/h2-8,12,18H,1H3,(H,14,15,16). The van der Waals surface area contributed by atoms with Crippen molar-refractivity contribution >= 4 is 11.7 Å². The molecule has 1 unspecified atom stereocenters. The van der Waals surface area contributed by atoms with Crippen molar-refractivity contribution < 1.29 is 9.90 Å². The van der Waals surface area contributed by atoms with E-state index in [1.165, 1.54) is 12.4 Å². The van der Waals surface area contributed by atoms with Crippen molar-refractivity contribution in [1.29, 1.82) is 0 Å². The smallest absolute Gasteiger partial charge is 0.224 e. The summed E-state index contributed by atoms with van der Waals surface area (Å²) in [5, 5.41) is 12.3. The predicted molar refractivity (Wildman–Crippen MR) is 67.2 cm³/mol. The van der Waals surface area contributed by atoms with Gasteiger partial charge in [-0.2, -0.15) is 0 Å². The number of hydrogen-bond donors (Lipinski definition) is 2. The van der Waals surface area contributed by atoms with E-state index in [2.05, 4.69) is 15.3 Å². The van der Waals surface area contributed by atoms with E-state index >= 15 is 0 Å². The van der Waals surface area contributed by atoms with Crippen LogP contribution in [0.1, 0.15) is 15.9 Å². The third-order valence-corrected chi connectivity index (χ3v) is 2.42. The minimum absolute atomic E-state index is 0.213. The van der Waals surface area contributed by atoms with Gasteiger partial charge in [-0.3, -0.25) is 4.79 Å². The van der Waals surface area contributed by atoms with Crippen LogP contribution in [0, 0.1) is 6.92 Å².